The van der Waals surface area contributed by atoms with Gasteiger partial charge in [0.2, 0.25) is 0 Å². The van der Waals surface area contributed by atoms with E-state index in [9.17, 15) is 4.79 Å². The van der Waals surface area contributed by atoms with E-state index in [1.807, 2.05) is 42.5 Å². The number of ketones is 1. The number of Topliss-reactive ketones (excluding diaryl/α,β-unsaturated/α-hetero) is 1. The summed E-state index contributed by atoms with van der Waals surface area (Å²) < 4.78 is 1.04. The molecule has 104 valence electrons. The van der Waals surface area contributed by atoms with Crippen LogP contribution in [0.1, 0.15) is 29.3 Å². The van der Waals surface area contributed by atoms with Gasteiger partial charge in [0, 0.05) is 14.9 Å². The zero-order valence-electron chi connectivity index (χ0n) is 11.4. The lowest BCUT2D eigenvalue weighted by Crippen LogP contribution is -2.03. The highest BCUT2D eigenvalue weighted by Crippen LogP contribution is 2.27. The third-order valence-corrected chi connectivity index (χ3v) is 5.01. The molecule has 3 heteroatoms. The Morgan fingerprint density at radius 1 is 1.15 bits per heavy atom. The molecule has 20 heavy (non-hydrogen) atoms. The second-order valence-electron chi connectivity index (χ2n) is 4.59. The lowest BCUT2D eigenvalue weighted by atomic mass is 10.1. The van der Waals surface area contributed by atoms with E-state index in [1.165, 1.54) is 5.56 Å². The van der Waals surface area contributed by atoms with Crippen molar-refractivity contribution in [3.05, 3.63) is 64.1 Å². The van der Waals surface area contributed by atoms with Gasteiger partial charge in [0.15, 0.2) is 5.78 Å². The van der Waals surface area contributed by atoms with Gasteiger partial charge in [0.25, 0.3) is 0 Å². The fourth-order valence-corrected chi connectivity index (χ4v) is 3.44. The Labute approximate surface area is 132 Å². The Balaban J connectivity index is 2.01. The number of carbonyl (C=O) groups excluding carboxylic acids is 1. The van der Waals surface area contributed by atoms with Crippen LogP contribution < -0.4 is 0 Å². The van der Waals surface area contributed by atoms with Crippen LogP contribution in [-0.2, 0) is 6.42 Å². The first-order valence-corrected chi connectivity index (χ1v) is 8.48. The molecule has 0 aromatic heterocycles. The van der Waals surface area contributed by atoms with Crippen LogP contribution in [0.2, 0.25) is 0 Å². The number of rotatable bonds is 6. The average molecular weight is 349 g/mol. The zero-order valence-corrected chi connectivity index (χ0v) is 13.8. The first-order chi connectivity index (χ1) is 9.70. The molecular weight excluding hydrogens is 332 g/mol. The van der Waals surface area contributed by atoms with Crippen molar-refractivity contribution in [2.75, 3.05) is 5.75 Å². The molecule has 0 amide bonds. The third-order valence-electron chi connectivity index (χ3n) is 2.98. The number of halogens is 1. The molecule has 0 aliphatic carbocycles. The van der Waals surface area contributed by atoms with Crippen molar-refractivity contribution in [1.82, 2.24) is 0 Å². The molecule has 0 aliphatic rings. The van der Waals surface area contributed by atoms with Gasteiger partial charge in [-0.05, 0) is 46.1 Å². The number of thioether (sulfide) groups is 1. The maximum atomic E-state index is 12.2. The summed E-state index contributed by atoms with van der Waals surface area (Å²) in [6.45, 7) is 2.15. The Morgan fingerprint density at radius 3 is 2.70 bits per heavy atom. The molecule has 0 fully saturated rings. The van der Waals surface area contributed by atoms with Gasteiger partial charge in [0.05, 0.1) is 5.75 Å². The van der Waals surface area contributed by atoms with Crippen LogP contribution in [0.3, 0.4) is 0 Å². The lowest BCUT2D eigenvalue weighted by molar-refractivity contribution is 0.102. The van der Waals surface area contributed by atoms with Crippen molar-refractivity contribution in [3.63, 3.8) is 0 Å². The molecule has 0 bridgehead atoms. The van der Waals surface area contributed by atoms with E-state index in [1.54, 1.807) is 11.8 Å². The SMILES string of the molecule is CCCc1cccc(C(=O)CSc2ccccc2Br)c1. The fourth-order valence-electron chi connectivity index (χ4n) is 1.98. The Morgan fingerprint density at radius 2 is 1.95 bits per heavy atom. The van der Waals surface area contributed by atoms with Gasteiger partial charge in [0.1, 0.15) is 0 Å². The van der Waals surface area contributed by atoms with Gasteiger partial charge in [-0.25, -0.2) is 0 Å². The molecule has 0 atom stereocenters. The van der Waals surface area contributed by atoms with Crippen molar-refractivity contribution in [1.29, 1.82) is 0 Å². The first kappa shape index (κ1) is 15.3. The minimum Gasteiger partial charge on any atom is -0.293 e. The molecule has 0 unspecified atom stereocenters. The number of aryl methyl sites for hydroxylation is 1. The average Bonchev–Trinajstić information content (AvgIpc) is 2.47. The lowest BCUT2D eigenvalue weighted by Gasteiger charge is -2.05. The molecule has 0 N–H and O–H groups in total. The molecule has 2 aromatic carbocycles. The molecule has 0 saturated carbocycles. The number of hydrogen-bond acceptors (Lipinski definition) is 2. The predicted octanol–water partition coefficient (Wildman–Crippen LogP) is 5.38. The standard InChI is InChI=1S/C17H17BrOS/c1-2-6-13-7-5-8-14(11-13)16(19)12-20-17-10-4-3-9-15(17)18/h3-5,7-11H,2,6,12H2,1H3. The fraction of sp³-hybridized carbons (Fsp3) is 0.235. The highest BCUT2D eigenvalue weighted by Gasteiger charge is 2.08. The second-order valence-corrected chi connectivity index (χ2v) is 6.46. The van der Waals surface area contributed by atoms with E-state index < -0.39 is 0 Å². The van der Waals surface area contributed by atoms with Crippen LogP contribution in [0.25, 0.3) is 0 Å². The van der Waals surface area contributed by atoms with E-state index in [2.05, 4.69) is 28.9 Å². The van der Waals surface area contributed by atoms with E-state index in [4.69, 9.17) is 0 Å². The molecule has 2 aromatic rings. The smallest absolute Gasteiger partial charge is 0.173 e. The van der Waals surface area contributed by atoms with Gasteiger partial charge in [-0.2, -0.15) is 0 Å². The second kappa shape index (κ2) is 7.65. The van der Waals surface area contributed by atoms with Gasteiger partial charge in [-0.1, -0.05) is 43.7 Å². The molecule has 2 rings (SSSR count). The highest BCUT2D eigenvalue weighted by atomic mass is 79.9. The summed E-state index contributed by atoms with van der Waals surface area (Å²) in [4.78, 5) is 13.4. The highest BCUT2D eigenvalue weighted by molar-refractivity contribution is 9.10. The molecule has 0 saturated heterocycles. The van der Waals surface area contributed by atoms with Gasteiger partial charge < -0.3 is 0 Å². The van der Waals surface area contributed by atoms with E-state index in [0.29, 0.717) is 5.75 Å². The zero-order chi connectivity index (χ0) is 14.4. The van der Waals surface area contributed by atoms with Crippen molar-refractivity contribution in [3.8, 4) is 0 Å². The van der Waals surface area contributed by atoms with Crippen LogP contribution in [0.15, 0.2) is 57.9 Å². The normalized spacial score (nSPS) is 10.5. The maximum absolute atomic E-state index is 12.2. The molecule has 0 spiro atoms. The summed E-state index contributed by atoms with van der Waals surface area (Å²) in [5.41, 5.74) is 2.06. The Hall–Kier alpha value is -1.06. The summed E-state index contributed by atoms with van der Waals surface area (Å²) in [7, 11) is 0. The molecule has 0 aliphatic heterocycles. The van der Waals surface area contributed by atoms with Crippen molar-refractivity contribution in [2.45, 2.75) is 24.7 Å². The van der Waals surface area contributed by atoms with Crippen LogP contribution in [0, 0.1) is 0 Å². The van der Waals surface area contributed by atoms with Crippen LogP contribution in [0.4, 0.5) is 0 Å². The Kier molecular flexibility index (Phi) is 5.86. The topological polar surface area (TPSA) is 17.1 Å². The van der Waals surface area contributed by atoms with E-state index in [0.717, 1.165) is 27.8 Å². The minimum absolute atomic E-state index is 0.184. The summed E-state index contributed by atoms with van der Waals surface area (Å²) >= 11 is 5.08. The number of hydrogen-bond donors (Lipinski definition) is 0. The molecule has 1 nitrogen and oxygen atoms in total. The number of benzene rings is 2. The largest absolute Gasteiger partial charge is 0.293 e. The first-order valence-electron chi connectivity index (χ1n) is 6.70. The van der Waals surface area contributed by atoms with Gasteiger partial charge >= 0.3 is 0 Å². The monoisotopic (exact) mass is 348 g/mol. The maximum Gasteiger partial charge on any atom is 0.173 e. The van der Waals surface area contributed by atoms with E-state index >= 15 is 0 Å². The number of carbonyl (C=O) groups is 1. The predicted molar refractivity (Wildman–Crippen MR) is 89.6 cm³/mol. The van der Waals surface area contributed by atoms with Crippen LogP contribution >= 0.6 is 27.7 Å². The molecule has 0 radical (unpaired) electrons. The third kappa shape index (κ3) is 4.22. The summed E-state index contributed by atoms with van der Waals surface area (Å²) in [6, 6.07) is 16.0. The van der Waals surface area contributed by atoms with Gasteiger partial charge in [-0.15, -0.1) is 11.8 Å². The summed E-state index contributed by atoms with van der Waals surface area (Å²) in [6.07, 6.45) is 2.13. The summed E-state index contributed by atoms with van der Waals surface area (Å²) in [5, 5.41) is 0. The van der Waals surface area contributed by atoms with Crippen molar-refractivity contribution < 1.29 is 4.79 Å². The minimum atomic E-state index is 0.184. The molecular formula is C17H17BrOS. The van der Waals surface area contributed by atoms with Crippen LogP contribution in [-0.4, -0.2) is 11.5 Å². The summed E-state index contributed by atoms with van der Waals surface area (Å²) in [5.74, 6) is 0.654. The molecule has 0 heterocycles. The quantitative estimate of drug-likeness (QED) is 0.515. The van der Waals surface area contributed by atoms with E-state index in [-0.39, 0.29) is 5.78 Å². The Bertz CT molecular complexity index is 595. The van der Waals surface area contributed by atoms with Crippen LogP contribution in [0.5, 0.6) is 0 Å². The van der Waals surface area contributed by atoms with Gasteiger partial charge in [-0.3, -0.25) is 4.79 Å². The van der Waals surface area contributed by atoms with Crippen molar-refractivity contribution >= 4 is 33.5 Å². The van der Waals surface area contributed by atoms with Crippen molar-refractivity contribution in [2.24, 2.45) is 0 Å².